The zero-order valence-corrected chi connectivity index (χ0v) is 11.2. The van der Waals surface area contributed by atoms with Crippen LogP contribution in [0.2, 0.25) is 0 Å². The summed E-state index contributed by atoms with van der Waals surface area (Å²) in [6.45, 7) is -0.488. The van der Waals surface area contributed by atoms with Crippen LogP contribution in [-0.4, -0.2) is 39.3 Å². The van der Waals surface area contributed by atoms with E-state index in [9.17, 15) is 15.0 Å². The quantitative estimate of drug-likeness (QED) is 0.660. The second-order valence-electron chi connectivity index (χ2n) is 3.71. The summed E-state index contributed by atoms with van der Waals surface area (Å²) in [5.74, 6) is -0.832. The Morgan fingerprint density at radius 2 is 2.00 bits per heavy atom. The molecule has 0 spiro atoms. The van der Waals surface area contributed by atoms with Crippen molar-refractivity contribution in [3.8, 4) is 5.75 Å². The van der Waals surface area contributed by atoms with Crippen molar-refractivity contribution in [1.29, 1.82) is 0 Å². The van der Waals surface area contributed by atoms with Gasteiger partial charge >= 0.3 is 5.97 Å². The molecule has 18 heavy (non-hydrogen) atoms. The Morgan fingerprint density at radius 1 is 1.33 bits per heavy atom. The second-order valence-corrected chi connectivity index (χ2v) is 4.50. The number of ether oxygens (including phenoxy) is 1. The van der Waals surface area contributed by atoms with Crippen LogP contribution in [0.5, 0.6) is 5.75 Å². The number of carbonyl (C=O) groups is 1. The first kappa shape index (κ1) is 14.9. The number of carboxylic acid groups (broad SMARTS) is 1. The van der Waals surface area contributed by atoms with Gasteiger partial charge < -0.3 is 20.1 Å². The molecule has 1 aromatic carbocycles. The van der Waals surface area contributed by atoms with E-state index in [0.717, 1.165) is 0 Å². The minimum atomic E-state index is -1.10. The lowest BCUT2D eigenvalue weighted by Gasteiger charge is -2.19. The summed E-state index contributed by atoms with van der Waals surface area (Å²) in [6, 6.07) is 6.51. The average molecular weight is 319 g/mol. The predicted molar refractivity (Wildman–Crippen MR) is 69.0 cm³/mol. The highest BCUT2D eigenvalue weighted by Gasteiger charge is 2.21. The molecule has 0 aliphatic carbocycles. The third-order valence-electron chi connectivity index (χ3n) is 2.36. The van der Waals surface area contributed by atoms with Gasteiger partial charge in [-0.2, -0.15) is 0 Å². The van der Waals surface area contributed by atoms with E-state index in [1.54, 1.807) is 24.3 Å². The summed E-state index contributed by atoms with van der Waals surface area (Å²) in [6.07, 6.45) is -1.65. The molecule has 1 rings (SSSR count). The van der Waals surface area contributed by atoms with Gasteiger partial charge in [0.25, 0.3) is 0 Å². The summed E-state index contributed by atoms with van der Waals surface area (Å²) < 4.78 is 5.07. The van der Waals surface area contributed by atoms with Crippen LogP contribution in [0.3, 0.4) is 0 Å². The maximum absolute atomic E-state index is 10.4. The molecule has 5 nitrogen and oxygen atoms in total. The molecule has 2 unspecified atom stereocenters. The molecular weight excluding hydrogens is 304 g/mol. The van der Waals surface area contributed by atoms with E-state index in [-0.39, 0.29) is 5.75 Å². The Bertz CT molecular complexity index is 396. The molecule has 0 radical (unpaired) electrons. The van der Waals surface area contributed by atoms with Crippen LogP contribution in [0, 0.1) is 0 Å². The largest absolute Gasteiger partial charge is 0.482 e. The molecule has 0 heterocycles. The Balaban J connectivity index is 2.83. The number of alkyl halides is 1. The van der Waals surface area contributed by atoms with Crippen molar-refractivity contribution in [2.75, 3.05) is 11.9 Å². The van der Waals surface area contributed by atoms with Crippen LogP contribution >= 0.6 is 15.9 Å². The highest BCUT2D eigenvalue weighted by atomic mass is 79.9. The molecule has 0 amide bonds. The lowest BCUT2D eigenvalue weighted by molar-refractivity contribution is -0.139. The van der Waals surface area contributed by atoms with Gasteiger partial charge in [-0.1, -0.05) is 34.1 Å². The molecule has 100 valence electrons. The van der Waals surface area contributed by atoms with Crippen LogP contribution in [0.4, 0.5) is 0 Å². The molecule has 0 saturated heterocycles. The van der Waals surface area contributed by atoms with Crippen molar-refractivity contribution in [3.63, 3.8) is 0 Å². The van der Waals surface area contributed by atoms with Gasteiger partial charge in [0.05, 0.1) is 6.10 Å². The Kier molecular flexibility index (Phi) is 6.11. The highest BCUT2D eigenvalue weighted by molar-refractivity contribution is 9.09. The van der Waals surface area contributed by atoms with Crippen molar-refractivity contribution in [2.45, 2.75) is 18.6 Å². The zero-order chi connectivity index (χ0) is 13.5. The SMILES string of the molecule is O=C(O)COc1ccccc1C(O)C(O)CCBr. The molecule has 0 aromatic heterocycles. The normalized spacial score (nSPS) is 13.9. The number of aliphatic hydroxyl groups is 2. The Morgan fingerprint density at radius 3 is 2.61 bits per heavy atom. The number of hydrogen-bond donors (Lipinski definition) is 3. The Hall–Kier alpha value is -1.11. The third-order valence-corrected chi connectivity index (χ3v) is 2.82. The van der Waals surface area contributed by atoms with Crippen molar-refractivity contribution in [3.05, 3.63) is 29.8 Å². The van der Waals surface area contributed by atoms with Gasteiger partial charge in [-0.25, -0.2) is 4.79 Å². The van der Waals surface area contributed by atoms with E-state index in [4.69, 9.17) is 9.84 Å². The lowest BCUT2D eigenvalue weighted by Crippen LogP contribution is -2.20. The fraction of sp³-hybridized carbons (Fsp3) is 0.417. The van der Waals surface area contributed by atoms with Crippen LogP contribution in [0.15, 0.2) is 24.3 Å². The summed E-state index contributed by atoms with van der Waals surface area (Å²) in [5, 5.41) is 28.8. The molecule has 0 saturated carbocycles. The topological polar surface area (TPSA) is 87.0 Å². The first-order valence-electron chi connectivity index (χ1n) is 5.42. The van der Waals surface area contributed by atoms with E-state index in [1.807, 2.05) is 0 Å². The standard InChI is InChI=1S/C12H15BrO5/c13-6-5-9(14)12(17)8-3-1-2-4-10(8)18-7-11(15)16/h1-4,9,12,14,17H,5-7H2,(H,15,16). The van der Waals surface area contributed by atoms with Gasteiger partial charge in [0, 0.05) is 10.9 Å². The minimum Gasteiger partial charge on any atom is -0.482 e. The molecule has 0 aliphatic rings. The molecule has 0 aliphatic heterocycles. The fourth-order valence-corrected chi connectivity index (χ4v) is 1.94. The molecule has 0 fully saturated rings. The number of benzene rings is 1. The number of hydrogen-bond acceptors (Lipinski definition) is 4. The maximum atomic E-state index is 10.4. The van der Waals surface area contributed by atoms with Crippen molar-refractivity contribution >= 4 is 21.9 Å². The summed E-state index contributed by atoms with van der Waals surface area (Å²) >= 11 is 3.18. The number of rotatable bonds is 7. The number of halogens is 1. The zero-order valence-electron chi connectivity index (χ0n) is 9.62. The van der Waals surface area contributed by atoms with E-state index in [0.29, 0.717) is 17.3 Å². The first-order chi connectivity index (χ1) is 8.56. The molecule has 3 N–H and O–H groups in total. The van der Waals surface area contributed by atoms with Crippen molar-refractivity contribution in [1.82, 2.24) is 0 Å². The molecular formula is C12H15BrO5. The van der Waals surface area contributed by atoms with Gasteiger partial charge in [0.15, 0.2) is 6.61 Å². The van der Waals surface area contributed by atoms with E-state index < -0.39 is 24.8 Å². The fourth-order valence-electron chi connectivity index (χ4n) is 1.47. The molecule has 1 aromatic rings. The van der Waals surface area contributed by atoms with E-state index >= 15 is 0 Å². The smallest absolute Gasteiger partial charge is 0.341 e. The van der Waals surface area contributed by atoms with Gasteiger partial charge in [0.2, 0.25) is 0 Å². The average Bonchev–Trinajstić information content (AvgIpc) is 2.36. The van der Waals surface area contributed by atoms with Crippen LogP contribution in [-0.2, 0) is 4.79 Å². The van der Waals surface area contributed by atoms with Gasteiger partial charge in [-0.05, 0) is 12.5 Å². The summed E-state index contributed by atoms with van der Waals surface area (Å²) in [5.41, 5.74) is 0.382. The van der Waals surface area contributed by atoms with Gasteiger partial charge in [-0.3, -0.25) is 0 Å². The number of aliphatic carboxylic acids is 1. The second kappa shape index (κ2) is 7.35. The van der Waals surface area contributed by atoms with Crippen molar-refractivity contribution in [2.24, 2.45) is 0 Å². The monoisotopic (exact) mass is 318 g/mol. The summed E-state index contributed by atoms with van der Waals surface area (Å²) in [7, 11) is 0. The predicted octanol–water partition coefficient (Wildman–Crippen LogP) is 1.33. The number of aliphatic hydroxyl groups excluding tert-OH is 2. The van der Waals surface area contributed by atoms with Crippen LogP contribution < -0.4 is 4.74 Å². The first-order valence-corrected chi connectivity index (χ1v) is 6.54. The van der Waals surface area contributed by atoms with Gasteiger partial charge in [0.1, 0.15) is 11.9 Å². The maximum Gasteiger partial charge on any atom is 0.341 e. The Labute approximate surface area is 113 Å². The summed E-state index contributed by atoms with van der Waals surface area (Å²) in [4.78, 5) is 10.4. The van der Waals surface area contributed by atoms with E-state index in [2.05, 4.69) is 15.9 Å². The van der Waals surface area contributed by atoms with Crippen LogP contribution in [0.1, 0.15) is 18.1 Å². The van der Waals surface area contributed by atoms with E-state index in [1.165, 1.54) is 0 Å². The minimum absolute atomic E-state index is 0.265. The van der Waals surface area contributed by atoms with Crippen LogP contribution in [0.25, 0.3) is 0 Å². The lowest BCUT2D eigenvalue weighted by atomic mass is 10.0. The van der Waals surface area contributed by atoms with Crippen molar-refractivity contribution < 1.29 is 24.9 Å². The highest BCUT2D eigenvalue weighted by Crippen LogP contribution is 2.28. The molecule has 0 bridgehead atoms. The molecule has 6 heteroatoms. The number of carboxylic acids is 1. The third kappa shape index (κ3) is 4.29. The van der Waals surface area contributed by atoms with Gasteiger partial charge in [-0.15, -0.1) is 0 Å². The number of para-hydroxylation sites is 1. The molecule has 2 atom stereocenters.